The number of nitrogens with one attached hydrogen (secondary N) is 1. The minimum atomic E-state index is -0.660. The van der Waals surface area contributed by atoms with Crippen LogP contribution in [0.25, 0.3) is 5.69 Å². The molecule has 0 bridgehead atoms. The minimum absolute atomic E-state index is 0.315. The third-order valence-electron chi connectivity index (χ3n) is 2.52. The van der Waals surface area contributed by atoms with Crippen LogP contribution in [0.1, 0.15) is 10.4 Å². The second kappa shape index (κ2) is 6.03. The Bertz CT molecular complexity index is 522. The normalized spacial score (nSPS) is 10.7. The molecule has 8 heteroatoms. The topological polar surface area (TPSA) is 113 Å². The summed E-state index contributed by atoms with van der Waals surface area (Å²) < 4.78 is 1.46. The molecule has 1 aromatic carbocycles. The lowest BCUT2D eigenvalue weighted by Gasteiger charge is -2.13. The fourth-order valence-electron chi connectivity index (χ4n) is 1.46. The van der Waals surface area contributed by atoms with Crippen LogP contribution in [0.15, 0.2) is 30.6 Å². The quantitative estimate of drug-likeness (QED) is 0.621. The molecule has 2 rings (SSSR count). The highest BCUT2D eigenvalue weighted by molar-refractivity contribution is 5.94. The molecule has 0 spiro atoms. The van der Waals surface area contributed by atoms with Crippen LogP contribution in [0.3, 0.4) is 0 Å². The van der Waals surface area contributed by atoms with Gasteiger partial charge in [-0.15, -0.1) is 5.10 Å². The van der Waals surface area contributed by atoms with Gasteiger partial charge in [-0.1, -0.05) is 0 Å². The number of carbonyl (C=O) groups excluding carboxylic acids is 1. The van der Waals surface area contributed by atoms with E-state index in [-0.39, 0.29) is 19.1 Å². The maximum atomic E-state index is 11.8. The summed E-state index contributed by atoms with van der Waals surface area (Å²) in [4.78, 5) is 11.8. The summed E-state index contributed by atoms with van der Waals surface area (Å²) in [6, 6.07) is 5.94. The zero-order chi connectivity index (χ0) is 13.7. The highest BCUT2D eigenvalue weighted by Crippen LogP contribution is 2.07. The van der Waals surface area contributed by atoms with Crippen molar-refractivity contribution in [1.82, 2.24) is 25.5 Å². The molecule has 8 nitrogen and oxygen atoms in total. The molecule has 0 fully saturated rings. The summed E-state index contributed by atoms with van der Waals surface area (Å²) in [5, 5.41) is 31.0. The number of carbonyl (C=O) groups is 1. The van der Waals surface area contributed by atoms with E-state index in [2.05, 4.69) is 20.8 Å². The first-order valence-electron chi connectivity index (χ1n) is 5.60. The fraction of sp³-hybridized carbons (Fsp3) is 0.273. The molecule has 0 aliphatic carbocycles. The maximum Gasteiger partial charge on any atom is 0.251 e. The molecule has 1 amide bonds. The molecule has 2 aromatic rings. The van der Waals surface area contributed by atoms with Crippen molar-refractivity contribution >= 4 is 5.91 Å². The summed E-state index contributed by atoms with van der Waals surface area (Å²) >= 11 is 0. The Morgan fingerprint density at radius 2 is 1.95 bits per heavy atom. The fourth-order valence-corrected chi connectivity index (χ4v) is 1.46. The number of rotatable bonds is 5. The predicted octanol–water partition coefficient (Wildman–Crippen LogP) is -1.25. The van der Waals surface area contributed by atoms with E-state index in [1.54, 1.807) is 24.3 Å². The van der Waals surface area contributed by atoms with Crippen LogP contribution in [0, 0.1) is 0 Å². The van der Waals surface area contributed by atoms with Crippen molar-refractivity contribution in [3.8, 4) is 5.69 Å². The first kappa shape index (κ1) is 13.1. The number of benzene rings is 1. The summed E-state index contributed by atoms with van der Waals surface area (Å²) in [6.07, 6.45) is 1.45. The van der Waals surface area contributed by atoms with Crippen molar-refractivity contribution in [3.05, 3.63) is 36.2 Å². The standard InChI is InChI=1S/C11H13N5O3/c17-5-9(6-18)13-11(19)8-1-3-10(4-2-8)16-7-12-14-15-16/h1-4,7,9,17-18H,5-6H2,(H,13,19). The molecule has 19 heavy (non-hydrogen) atoms. The van der Waals surface area contributed by atoms with Crippen LogP contribution < -0.4 is 5.32 Å². The van der Waals surface area contributed by atoms with Gasteiger partial charge in [0.1, 0.15) is 6.33 Å². The largest absolute Gasteiger partial charge is 0.394 e. The summed E-state index contributed by atoms with van der Waals surface area (Å²) in [6.45, 7) is -0.629. The van der Waals surface area contributed by atoms with Gasteiger partial charge in [0.15, 0.2) is 0 Å². The van der Waals surface area contributed by atoms with E-state index in [0.717, 1.165) is 5.69 Å². The second-order valence-corrected chi connectivity index (χ2v) is 3.84. The van der Waals surface area contributed by atoms with Crippen LogP contribution in [-0.2, 0) is 0 Å². The van der Waals surface area contributed by atoms with Crippen LogP contribution >= 0.6 is 0 Å². The van der Waals surface area contributed by atoms with Gasteiger partial charge in [0, 0.05) is 5.56 Å². The Balaban J connectivity index is 2.08. The number of amides is 1. The minimum Gasteiger partial charge on any atom is -0.394 e. The average Bonchev–Trinajstić information content (AvgIpc) is 2.99. The number of nitrogens with zero attached hydrogens (tertiary/aromatic N) is 4. The summed E-state index contributed by atoms with van der Waals surface area (Å²) in [5.74, 6) is -0.364. The van der Waals surface area contributed by atoms with E-state index >= 15 is 0 Å². The zero-order valence-corrected chi connectivity index (χ0v) is 9.97. The van der Waals surface area contributed by atoms with Crippen molar-refractivity contribution in [2.75, 3.05) is 13.2 Å². The number of tetrazole rings is 1. The number of aliphatic hydroxyl groups excluding tert-OH is 2. The lowest BCUT2D eigenvalue weighted by molar-refractivity contribution is 0.0879. The first-order valence-corrected chi connectivity index (χ1v) is 5.60. The predicted molar refractivity (Wildman–Crippen MR) is 64.6 cm³/mol. The third-order valence-corrected chi connectivity index (χ3v) is 2.52. The van der Waals surface area contributed by atoms with E-state index in [0.29, 0.717) is 5.56 Å². The zero-order valence-electron chi connectivity index (χ0n) is 9.97. The summed E-state index contributed by atoms with van der Waals surface area (Å²) in [5.41, 5.74) is 1.14. The molecular formula is C11H13N5O3. The Morgan fingerprint density at radius 1 is 1.26 bits per heavy atom. The third kappa shape index (κ3) is 3.12. The SMILES string of the molecule is O=C(NC(CO)CO)c1ccc(-n2cnnn2)cc1. The Kier molecular flexibility index (Phi) is 4.16. The van der Waals surface area contributed by atoms with Crippen molar-refractivity contribution in [2.24, 2.45) is 0 Å². The Labute approximate surface area is 108 Å². The van der Waals surface area contributed by atoms with Crippen LogP contribution in [-0.4, -0.2) is 55.6 Å². The highest BCUT2D eigenvalue weighted by Gasteiger charge is 2.12. The lowest BCUT2D eigenvalue weighted by atomic mass is 10.2. The molecule has 1 heterocycles. The van der Waals surface area contributed by atoms with E-state index < -0.39 is 6.04 Å². The number of aliphatic hydroxyl groups is 2. The van der Waals surface area contributed by atoms with E-state index in [1.165, 1.54) is 11.0 Å². The molecular weight excluding hydrogens is 250 g/mol. The molecule has 0 aliphatic heterocycles. The smallest absolute Gasteiger partial charge is 0.251 e. The van der Waals surface area contributed by atoms with Crippen molar-refractivity contribution in [2.45, 2.75) is 6.04 Å². The molecule has 1 aromatic heterocycles. The number of aromatic nitrogens is 4. The maximum absolute atomic E-state index is 11.8. The van der Waals surface area contributed by atoms with Gasteiger partial charge in [0.25, 0.3) is 5.91 Å². The molecule has 0 saturated carbocycles. The number of hydrogen-bond acceptors (Lipinski definition) is 6. The molecule has 0 atom stereocenters. The second-order valence-electron chi connectivity index (χ2n) is 3.84. The van der Waals surface area contributed by atoms with Crippen LogP contribution in [0.4, 0.5) is 0 Å². The van der Waals surface area contributed by atoms with Gasteiger partial charge in [0.05, 0.1) is 24.9 Å². The van der Waals surface area contributed by atoms with Gasteiger partial charge in [-0.3, -0.25) is 4.79 Å². The summed E-state index contributed by atoms with van der Waals surface area (Å²) in [7, 11) is 0. The molecule has 0 radical (unpaired) electrons. The lowest BCUT2D eigenvalue weighted by Crippen LogP contribution is -2.40. The van der Waals surface area contributed by atoms with Crippen LogP contribution in [0.2, 0.25) is 0 Å². The number of hydrogen-bond donors (Lipinski definition) is 3. The molecule has 100 valence electrons. The highest BCUT2D eigenvalue weighted by atomic mass is 16.3. The monoisotopic (exact) mass is 263 g/mol. The molecule has 0 saturated heterocycles. The average molecular weight is 263 g/mol. The van der Waals surface area contributed by atoms with E-state index in [9.17, 15) is 4.79 Å². The molecule has 3 N–H and O–H groups in total. The van der Waals surface area contributed by atoms with Crippen molar-refractivity contribution in [1.29, 1.82) is 0 Å². The van der Waals surface area contributed by atoms with E-state index in [1.807, 2.05) is 0 Å². The van der Waals surface area contributed by atoms with E-state index in [4.69, 9.17) is 10.2 Å². The Hall–Kier alpha value is -2.32. The van der Waals surface area contributed by atoms with Gasteiger partial charge in [-0.2, -0.15) is 0 Å². The van der Waals surface area contributed by atoms with Crippen LogP contribution in [0.5, 0.6) is 0 Å². The molecule has 0 unspecified atom stereocenters. The molecule has 0 aliphatic rings. The van der Waals surface area contributed by atoms with Gasteiger partial charge >= 0.3 is 0 Å². The van der Waals surface area contributed by atoms with Crippen molar-refractivity contribution in [3.63, 3.8) is 0 Å². The van der Waals surface area contributed by atoms with Crippen molar-refractivity contribution < 1.29 is 15.0 Å². The first-order chi connectivity index (χ1) is 9.24. The van der Waals surface area contributed by atoms with Gasteiger partial charge < -0.3 is 15.5 Å². The van der Waals surface area contributed by atoms with Gasteiger partial charge in [-0.25, -0.2) is 4.68 Å². The van der Waals surface area contributed by atoms with Gasteiger partial charge in [-0.05, 0) is 34.7 Å². The van der Waals surface area contributed by atoms with Gasteiger partial charge in [0.2, 0.25) is 0 Å². The Morgan fingerprint density at radius 3 is 2.47 bits per heavy atom.